The van der Waals surface area contributed by atoms with E-state index in [1.807, 2.05) is 48.7 Å². The largest absolute Gasteiger partial charge is 0.325 e. The van der Waals surface area contributed by atoms with Gasteiger partial charge >= 0.3 is 0 Å². The number of rotatable bonds is 5. The maximum atomic E-state index is 12.1. The van der Waals surface area contributed by atoms with E-state index in [-0.39, 0.29) is 5.91 Å². The first-order chi connectivity index (χ1) is 11.2. The first kappa shape index (κ1) is 15.7. The third-order valence-electron chi connectivity index (χ3n) is 3.08. The van der Waals surface area contributed by atoms with Crippen LogP contribution in [0, 0.1) is 6.92 Å². The summed E-state index contributed by atoms with van der Waals surface area (Å²) in [5, 5.41) is 5.98. The highest BCUT2D eigenvalue weighted by Crippen LogP contribution is 2.24. The molecule has 6 heteroatoms. The van der Waals surface area contributed by atoms with Crippen LogP contribution in [-0.2, 0) is 4.79 Å². The maximum absolute atomic E-state index is 12.1. The van der Waals surface area contributed by atoms with Crippen LogP contribution in [0.2, 0.25) is 0 Å². The van der Waals surface area contributed by atoms with Gasteiger partial charge in [-0.15, -0.1) is 23.1 Å². The quantitative estimate of drug-likeness (QED) is 0.705. The van der Waals surface area contributed by atoms with E-state index in [4.69, 9.17) is 0 Å². The SMILES string of the molecule is Cc1nc(-c2cccc(NC(=O)CSc3ccncc3)c2)cs1. The van der Waals surface area contributed by atoms with E-state index in [2.05, 4.69) is 15.3 Å². The Hall–Kier alpha value is -2.18. The van der Waals surface area contributed by atoms with Crippen molar-refractivity contribution in [3.63, 3.8) is 0 Å². The number of anilines is 1. The molecule has 2 aromatic heterocycles. The van der Waals surface area contributed by atoms with Crippen LogP contribution in [-0.4, -0.2) is 21.6 Å². The van der Waals surface area contributed by atoms with Gasteiger partial charge in [0.1, 0.15) is 0 Å². The maximum Gasteiger partial charge on any atom is 0.234 e. The van der Waals surface area contributed by atoms with Gasteiger partial charge in [0.25, 0.3) is 0 Å². The van der Waals surface area contributed by atoms with Crippen molar-refractivity contribution < 1.29 is 4.79 Å². The van der Waals surface area contributed by atoms with Crippen molar-refractivity contribution in [1.29, 1.82) is 0 Å². The normalized spacial score (nSPS) is 10.5. The molecule has 1 N–H and O–H groups in total. The summed E-state index contributed by atoms with van der Waals surface area (Å²) in [5.41, 5.74) is 2.73. The van der Waals surface area contributed by atoms with Gasteiger partial charge in [0.15, 0.2) is 0 Å². The van der Waals surface area contributed by atoms with E-state index < -0.39 is 0 Å². The average Bonchev–Trinajstić information content (AvgIpc) is 3.01. The number of carbonyl (C=O) groups is 1. The minimum Gasteiger partial charge on any atom is -0.325 e. The van der Waals surface area contributed by atoms with Gasteiger partial charge < -0.3 is 5.32 Å². The Kier molecular flexibility index (Phi) is 5.05. The molecule has 0 bridgehead atoms. The van der Waals surface area contributed by atoms with Crippen molar-refractivity contribution in [3.8, 4) is 11.3 Å². The van der Waals surface area contributed by atoms with Crippen LogP contribution >= 0.6 is 23.1 Å². The Bertz CT molecular complexity index is 802. The number of nitrogens with zero attached hydrogens (tertiary/aromatic N) is 2. The van der Waals surface area contributed by atoms with Crippen LogP contribution in [0.3, 0.4) is 0 Å². The smallest absolute Gasteiger partial charge is 0.234 e. The Morgan fingerprint density at radius 2 is 2.09 bits per heavy atom. The highest BCUT2D eigenvalue weighted by atomic mass is 32.2. The van der Waals surface area contributed by atoms with E-state index in [0.29, 0.717) is 5.75 Å². The Labute approximate surface area is 143 Å². The lowest BCUT2D eigenvalue weighted by Gasteiger charge is -2.06. The van der Waals surface area contributed by atoms with Gasteiger partial charge in [0, 0.05) is 33.9 Å². The van der Waals surface area contributed by atoms with Crippen molar-refractivity contribution in [3.05, 3.63) is 59.2 Å². The van der Waals surface area contributed by atoms with Crippen molar-refractivity contribution in [2.45, 2.75) is 11.8 Å². The Morgan fingerprint density at radius 3 is 2.83 bits per heavy atom. The fourth-order valence-corrected chi connectivity index (χ4v) is 3.34. The lowest BCUT2D eigenvalue weighted by atomic mass is 10.1. The summed E-state index contributed by atoms with van der Waals surface area (Å²) in [6.07, 6.45) is 3.44. The molecule has 0 unspecified atom stereocenters. The number of hydrogen-bond acceptors (Lipinski definition) is 5. The molecule has 0 aliphatic rings. The standard InChI is InChI=1S/C17H15N3OS2/c1-12-19-16(10-22-12)13-3-2-4-14(9-13)20-17(21)11-23-15-5-7-18-8-6-15/h2-10H,11H2,1H3,(H,20,21). The number of carbonyl (C=O) groups excluding carboxylic acids is 1. The van der Waals surface area contributed by atoms with E-state index >= 15 is 0 Å². The van der Waals surface area contributed by atoms with Crippen molar-refractivity contribution in [2.75, 3.05) is 11.1 Å². The third-order valence-corrected chi connectivity index (χ3v) is 4.87. The summed E-state index contributed by atoms with van der Waals surface area (Å²) in [5.74, 6) is 0.336. The Morgan fingerprint density at radius 1 is 1.26 bits per heavy atom. The molecule has 0 fully saturated rings. The molecule has 0 aliphatic heterocycles. The number of aromatic nitrogens is 2. The van der Waals surface area contributed by atoms with E-state index in [9.17, 15) is 4.79 Å². The summed E-state index contributed by atoms with van der Waals surface area (Å²) in [4.78, 5) is 21.5. The molecule has 3 rings (SSSR count). The average molecular weight is 341 g/mol. The number of thioether (sulfide) groups is 1. The van der Waals surface area contributed by atoms with Crippen molar-refractivity contribution >= 4 is 34.7 Å². The monoisotopic (exact) mass is 341 g/mol. The molecule has 1 amide bonds. The number of benzene rings is 1. The second-order valence-corrected chi connectivity index (χ2v) is 6.96. The third kappa shape index (κ3) is 4.40. The van der Waals surface area contributed by atoms with Crippen LogP contribution in [0.1, 0.15) is 5.01 Å². The number of thiazole rings is 1. The first-order valence-electron chi connectivity index (χ1n) is 7.06. The molecule has 0 radical (unpaired) electrons. The van der Waals surface area contributed by atoms with Crippen LogP contribution in [0.4, 0.5) is 5.69 Å². The number of nitrogens with one attached hydrogen (secondary N) is 1. The molecule has 0 saturated carbocycles. The van der Waals surface area contributed by atoms with Crippen LogP contribution in [0.25, 0.3) is 11.3 Å². The molecule has 3 aromatic rings. The van der Waals surface area contributed by atoms with Gasteiger partial charge in [-0.1, -0.05) is 12.1 Å². The van der Waals surface area contributed by atoms with Gasteiger partial charge in [0.05, 0.1) is 16.5 Å². The van der Waals surface area contributed by atoms with E-state index in [1.54, 1.807) is 23.7 Å². The second kappa shape index (κ2) is 7.39. The summed E-state index contributed by atoms with van der Waals surface area (Å²) in [6.45, 7) is 1.98. The topological polar surface area (TPSA) is 54.9 Å². The van der Waals surface area contributed by atoms with Crippen molar-refractivity contribution in [1.82, 2.24) is 9.97 Å². The van der Waals surface area contributed by atoms with Gasteiger partial charge in [0.2, 0.25) is 5.91 Å². The van der Waals surface area contributed by atoms with Crippen LogP contribution in [0.15, 0.2) is 59.1 Å². The van der Waals surface area contributed by atoms with Gasteiger partial charge in [-0.25, -0.2) is 4.98 Å². The van der Waals surface area contributed by atoms with Gasteiger partial charge in [-0.05, 0) is 31.2 Å². The molecular weight excluding hydrogens is 326 g/mol. The first-order valence-corrected chi connectivity index (χ1v) is 8.92. The van der Waals surface area contributed by atoms with Crippen molar-refractivity contribution in [2.24, 2.45) is 0 Å². The number of aryl methyl sites for hydroxylation is 1. The van der Waals surface area contributed by atoms with Crippen LogP contribution in [0.5, 0.6) is 0 Å². The lowest BCUT2D eigenvalue weighted by molar-refractivity contribution is -0.113. The number of amides is 1. The van der Waals surface area contributed by atoms with Gasteiger partial charge in [-0.3, -0.25) is 9.78 Å². The van der Waals surface area contributed by atoms with Gasteiger partial charge in [-0.2, -0.15) is 0 Å². The predicted molar refractivity (Wildman–Crippen MR) is 95.9 cm³/mol. The molecule has 0 saturated heterocycles. The zero-order chi connectivity index (χ0) is 16.1. The molecule has 0 atom stereocenters. The molecule has 116 valence electrons. The van der Waals surface area contributed by atoms with E-state index in [1.165, 1.54) is 11.8 Å². The lowest BCUT2D eigenvalue weighted by Crippen LogP contribution is -2.13. The molecule has 1 aromatic carbocycles. The predicted octanol–water partition coefficient (Wildman–Crippen LogP) is 4.24. The number of hydrogen-bond donors (Lipinski definition) is 1. The molecule has 4 nitrogen and oxygen atoms in total. The highest BCUT2D eigenvalue weighted by Gasteiger charge is 2.06. The summed E-state index contributed by atoms with van der Waals surface area (Å²) in [7, 11) is 0. The molecule has 0 spiro atoms. The Balaban J connectivity index is 1.62. The fraction of sp³-hybridized carbons (Fsp3) is 0.118. The molecule has 23 heavy (non-hydrogen) atoms. The summed E-state index contributed by atoms with van der Waals surface area (Å²) in [6, 6.07) is 11.5. The van der Waals surface area contributed by atoms with Crippen LogP contribution < -0.4 is 5.32 Å². The summed E-state index contributed by atoms with van der Waals surface area (Å²) < 4.78 is 0. The minimum atomic E-state index is -0.0292. The second-order valence-electron chi connectivity index (χ2n) is 4.85. The zero-order valence-corrected chi connectivity index (χ0v) is 14.2. The highest BCUT2D eigenvalue weighted by molar-refractivity contribution is 8.00. The molecular formula is C17H15N3OS2. The molecule has 2 heterocycles. The molecule has 0 aliphatic carbocycles. The van der Waals surface area contributed by atoms with E-state index in [0.717, 1.165) is 26.8 Å². The number of pyridine rings is 1. The fourth-order valence-electron chi connectivity index (χ4n) is 2.03. The minimum absolute atomic E-state index is 0.0292. The summed E-state index contributed by atoms with van der Waals surface area (Å²) >= 11 is 3.11. The zero-order valence-electron chi connectivity index (χ0n) is 12.5.